The summed E-state index contributed by atoms with van der Waals surface area (Å²) in [5.41, 5.74) is 1.78. The number of carbonyl (C=O) groups excluding carboxylic acids is 1. The van der Waals surface area contributed by atoms with Crippen molar-refractivity contribution in [3.8, 4) is 0 Å². The number of unbranched alkanes of at least 4 members (excludes halogenated alkanes) is 1. The largest absolute Gasteiger partial charge is 0.459 e. The van der Waals surface area contributed by atoms with Crippen LogP contribution in [0.5, 0.6) is 0 Å². The van der Waals surface area contributed by atoms with Crippen molar-refractivity contribution in [1.29, 1.82) is 0 Å². The van der Waals surface area contributed by atoms with Gasteiger partial charge in [-0.3, -0.25) is 0 Å². The second-order valence-electron chi connectivity index (χ2n) is 4.19. The third-order valence-corrected chi connectivity index (χ3v) is 3.26. The van der Waals surface area contributed by atoms with Crippen LogP contribution in [-0.2, 0) is 10.1 Å². The van der Waals surface area contributed by atoms with Gasteiger partial charge in [-0.15, -0.1) is 0 Å². The molecule has 3 heteroatoms. The maximum Gasteiger partial charge on any atom is 0.338 e. The van der Waals surface area contributed by atoms with Gasteiger partial charge in [-0.1, -0.05) is 47.8 Å². The molecule has 94 valence electrons. The van der Waals surface area contributed by atoms with Crippen molar-refractivity contribution in [3.05, 3.63) is 35.4 Å². The molecular formula is C14H19BrO2. The molecule has 0 heterocycles. The van der Waals surface area contributed by atoms with E-state index in [9.17, 15) is 4.79 Å². The zero-order chi connectivity index (χ0) is 12.7. The van der Waals surface area contributed by atoms with Gasteiger partial charge in [0.15, 0.2) is 0 Å². The molecule has 1 atom stereocenters. The van der Waals surface area contributed by atoms with E-state index in [1.807, 2.05) is 31.2 Å². The summed E-state index contributed by atoms with van der Waals surface area (Å²) in [7, 11) is 0. The Bertz CT molecular complexity index is 346. The predicted octanol–water partition coefficient (Wildman–Crippen LogP) is 4.32. The number of halogens is 1. The van der Waals surface area contributed by atoms with Gasteiger partial charge in [0, 0.05) is 5.33 Å². The van der Waals surface area contributed by atoms with E-state index in [1.165, 1.54) is 0 Å². The van der Waals surface area contributed by atoms with Gasteiger partial charge in [-0.25, -0.2) is 4.79 Å². The molecule has 0 aliphatic heterocycles. The lowest BCUT2D eigenvalue weighted by Crippen LogP contribution is -2.14. The van der Waals surface area contributed by atoms with E-state index < -0.39 is 0 Å². The molecule has 0 aromatic heterocycles. The van der Waals surface area contributed by atoms with Gasteiger partial charge in [-0.05, 0) is 31.0 Å². The summed E-state index contributed by atoms with van der Waals surface area (Å²) in [5.74, 6) is -0.227. The number of hydrogen-bond acceptors (Lipinski definition) is 2. The van der Waals surface area contributed by atoms with Crippen molar-refractivity contribution in [2.45, 2.75) is 44.5 Å². The summed E-state index contributed by atoms with van der Waals surface area (Å²) in [6, 6.07) is 7.49. The van der Waals surface area contributed by atoms with Crippen LogP contribution in [0.1, 0.15) is 49.0 Å². The molecule has 0 aliphatic carbocycles. The second kappa shape index (κ2) is 7.49. The van der Waals surface area contributed by atoms with Crippen LogP contribution in [0.3, 0.4) is 0 Å². The summed E-state index contributed by atoms with van der Waals surface area (Å²) in [4.78, 5) is 11.8. The Morgan fingerprint density at radius 1 is 1.35 bits per heavy atom. The molecule has 1 aromatic carbocycles. The molecule has 1 aromatic rings. The average molecular weight is 299 g/mol. The van der Waals surface area contributed by atoms with Crippen molar-refractivity contribution >= 4 is 21.9 Å². The van der Waals surface area contributed by atoms with E-state index in [1.54, 1.807) is 0 Å². The summed E-state index contributed by atoms with van der Waals surface area (Å²) < 4.78 is 5.36. The molecule has 0 radical (unpaired) electrons. The van der Waals surface area contributed by atoms with Gasteiger partial charge in [0.1, 0.15) is 0 Å². The Morgan fingerprint density at radius 3 is 2.53 bits per heavy atom. The smallest absolute Gasteiger partial charge is 0.338 e. The monoisotopic (exact) mass is 298 g/mol. The molecule has 1 rings (SSSR count). The van der Waals surface area contributed by atoms with E-state index in [2.05, 4.69) is 22.9 Å². The maximum atomic E-state index is 11.8. The Labute approximate surface area is 111 Å². The lowest BCUT2D eigenvalue weighted by molar-refractivity contribution is 0.0320. The molecule has 2 nitrogen and oxygen atoms in total. The molecule has 0 aliphatic rings. The van der Waals surface area contributed by atoms with Crippen molar-refractivity contribution in [2.75, 3.05) is 0 Å². The van der Waals surface area contributed by atoms with Crippen LogP contribution in [0.2, 0.25) is 0 Å². The molecular weight excluding hydrogens is 280 g/mol. The third-order valence-electron chi connectivity index (χ3n) is 2.62. The Balaban J connectivity index is 2.51. The Kier molecular flexibility index (Phi) is 6.27. The predicted molar refractivity (Wildman–Crippen MR) is 73.5 cm³/mol. The maximum absolute atomic E-state index is 11.8. The number of hydrogen-bond donors (Lipinski definition) is 0. The molecule has 0 spiro atoms. The SMILES string of the molecule is CCCCC(C)OC(=O)c1ccc(CBr)cc1. The first-order valence-corrected chi connectivity index (χ1v) is 7.15. The van der Waals surface area contributed by atoms with Crippen LogP contribution >= 0.6 is 15.9 Å². The number of ether oxygens (including phenoxy) is 1. The highest BCUT2D eigenvalue weighted by Gasteiger charge is 2.11. The molecule has 0 saturated carbocycles. The fourth-order valence-electron chi connectivity index (χ4n) is 1.53. The van der Waals surface area contributed by atoms with Crippen LogP contribution in [-0.4, -0.2) is 12.1 Å². The first-order valence-electron chi connectivity index (χ1n) is 6.03. The van der Waals surface area contributed by atoms with Gasteiger partial charge in [0.25, 0.3) is 0 Å². The average Bonchev–Trinajstić information content (AvgIpc) is 2.36. The lowest BCUT2D eigenvalue weighted by Gasteiger charge is -2.12. The highest BCUT2D eigenvalue weighted by atomic mass is 79.9. The number of esters is 1. The first-order chi connectivity index (χ1) is 8.17. The van der Waals surface area contributed by atoms with Crippen molar-refractivity contribution < 1.29 is 9.53 Å². The molecule has 0 fully saturated rings. The first kappa shape index (κ1) is 14.2. The fourth-order valence-corrected chi connectivity index (χ4v) is 1.91. The molecule has 1 unspecified atom stereocenters. The van der Waals surface area contributed by atoms with Crippen molar-refractivity contribution in [2.24, 2.45) is 0 Å². The summed E-state index contributed by atoms with van der Waals surface area (Å²) in [6.45, 7) is 4.08. The van der Waals surface area contributed by atoms with E-state index >= 15 is 0 Å². The topological polar surface area (TPSA) is 26.3 Å². The van der Waals surface area contributed by atoms with Gasteiger partial charge in [0.05, 0.1) is 11.7 Å². The summed E-state index contributed by atoms with van der Waals surface area (Å²) in [6.07, 6.45) is 3.15. The minimum atomic E-state index is -0.227. The third kappa shape index (κ3) is 4.90. The van der Waals surface area contributed by atoms with Crippen LogP contribution in [0, 0.1) is 0 Å². The van der Waals surface area contributed by atoms with Crippen LogP contribution in [0.15, 0.2) is 24.3 Å². The minimum absolute atomic E-state index is 0.00157. The van der Waals surface area contributed by atoms with E-state index in [0.717, 1.165) is 30.2 Å². The molecule has 17 heavy (non-hydrogen) atoms. The van der Waals surface area contributed by atoms with E-state index in [0.29, 0.717) is 5.56 Å². The van der Waals surface area contributed by atoms with Gasteiger partial charge in [0.2, 0.25) is 0 Å². The van der Waals surface area contributed by atoms with Gasteiger partial charge in [-0.2, -0.15) is 0 Å². The lowest BCUT2D eigenvalue weighted by atomic mass is 10.1. The molecule has 0 bridgehead atoms. The molecule has 0 amide bonds. The van der Waals surface area contributed by atoms with Crippen molar-refractivity contribution in [3.63, 3.8) is 0 Å². The van der Waals surface area contributed by atoms with E-state index in [4.69, 9.17) is 4.74 Å². The minimum Gasteiger partial charge on any atom is -0.459 e. The normalized spacial score (nSPS) is 12.2. The van der Waals surface area contributed by atoms with Gasteiger partial charge < -0.3 is 4.74 Å². The van der Waals surface area contributed by atoms with Crippen molar-refractivity contribution in [1.82, 2.24) is 0 Å². The standard InChI is InChI=1S/C14H19BrO2/c1-3-4-5-11(2)17-14(16)13-8-6-12(10-15)7-9-13/h6-9,11H,3-5,10H2,1-2H3. The zero-order valence-corrected chi connectivity index (χ0v) is 12.0. The number of carbonyl (C=O) groups is 1. The number of benzene rings is 1. The molecule has 0 saturated heterocycles. The highest BCUT2D eigenvalue weighted by molar-refractivity contribution is 9.08. The summed E-state index contributed by atoms with van der Waals surface area (Å²) in [5, 5.41) is 0.801. The second-order valence-corrected chi connectivity index (χ2v) is 4.75. The quantitative estimate of drug-likeness (QED) is 0.577. The van der Waals surface area contributed by atoms with Crippen LogP contribution in [0.25, 0.3) is 0 Å². The van der Waals surface area contributed by atoms with Crippen LogP contribution in [0.4, 0.5) is 0 Å². The van der Waals surface area contributed by atoms with Gasteiger partial charge >= 0.3 is 5.97 Å². The molecule has 0 N–H and O–H groups in total. The fraction of sp³-hybridized carbons (Fsp3) is 0.500. The van der Waals surface area contributed by atoms with Crippen LogP contribution < -0.4 is 0 Å². The number of rotatable bonds is 6. The Hall–Kier alpha value is -0.830. The van der Waals surface area contributed by atoms with E-state index in [-0.39, 0.29) is 12.1 Å². The Morgan fingerprint density at radius 2 is 2.00 bits per heavy atom. The summed E-state index contributed by atoms with van der Waals surface area (Å²) >= 11 is 3.37. The highest BCUT2D eigenvalue weighted by Crippen LogP contribution is 2.11. The number of alkyl halides is 1. The zero-order valence-electron chi connectivity index (χ0n) is 10.4.